The van der Waals surface area contributed by atoms with Gasteiger partial charge in [-0.05, 0) is 29.0 Å². The second kappa shape index (κ2) is 7.20. The van der Waals surface area contributed by atoms with Crippen molar-refractivity contribution in [3.05, 3.63) is 29.3 Å². The summed E-state index contributed by atoms with van der Waals surface area (Å²) in [5.74, 6) is 0.199. The lowest BCUT2D eigenvalue weighted by molar-refractivity contribution is -0.119. The van der Waals surface area contributed by atoms with E-state index in [4.69, 9.17) is 4.74 Å². The second-order valence-electron chi connectivity index (χ2n) is 7.32. The van der Waals surface area contributed by atoms with Gasteiger partial charge in [-0.2, -0.15) is 0 Å². The molecule has 23 heavy (non-hydrogen) atoms. The molecule has 0 spiro atoms. The molecule has 0 aliphatic carbocycles. The molecule has 0 aromatic heterocycles. The lowest BCUT2D eigenvalue weighted by Gasteiger charge is -2.26. The van der Waals surface area contributed by atoms with Gasteiger partial charge in [0.1, 0.15) is 0 Å². The Balaban J connectivity index is 0.00000192. The molecule has 1 saturated heterocycles. The topological polar surface area (TPSA) is 41.6 Å². The van der Waals surface area contributed by atoms with Gasteiger partial charge in [0.25, 0.3) is 0 Å². The molecular weight excluding hydrogens is 312 g/mol. The summed E-state index contributed by atoms with van der Waals surface area (Å²) in [4.78, 5) is 14.5. The SMILES string of the molecule is CC(C)(C)c1ccc2c(c1)CCN2C(=O)CC1COCCN1.Cl. The van der Waals surface area contributed by atoms with E-state index in [2.05, 4.69) is 44.3 Å². The summed E-state index contributed by atoms with van der Waals surface area (Å²) in [6.07, 6.45) is 1.47. The number of amides is 1. The molecule has 1 N–H and O–H groups in total. The number of benzene rings is 1. The number of carbonyl (C=O) groups excluding carboxylic acids is 1. The maximum absolute atomic E-state index is 12.6. The summed E-state index contributed by atoms with van der Waals surface area (Å²) in [5.41, 5.74) is 3.88. The molecule has 128 valence electrons. The summed E-state index contributed by atoms with van der Waals surface area (Å²) in [5, 5.41) is 3.35. The van der Waals surface area contributed by atoms with Crippen LogP contribution in [0.25, 0.3) is 0 Å². The zero-order valence-electron chi connectivity index (χ0n) is 14.2. The molecule has 4 nitrogen and oxygen atoms in total. The molecule has 1 atom stereocenters. The fourth-order valence-corrected chi connectivity index (χ4v) is 3.20. The van der Waals surface area contributed by atoms with E-state index in [0.717, 1.165) is 31.8 Å². The molecular formula is C18H27ClN2O2. The van der Waals surface area contributed by atoms with E-state index in [1.54, 1.807) is 0 Å². The predicted molar refractivity (Wildman–Crippen MR) is 95.7 cm³/mol. The van der Waals surface area contributed by atoms with Crippen molar-refractivity contribution in [1.82, 2.24) is 5.32 Å². The summed E-state index contributed by atoms with van der Waals surface area (Å²) >= 11 is 0. The molecule has 2 aliphatic heterocycles. The number of carbonyl (C=O) groups is 1. The highest BCUT2D eigenvalue weighted by Gasteiger charge is 2.28. The summed E-state index contributed by atoms with van der Waals surface area (Å²) < 4.78 is 5.44. The zero-order valence-corrected chi connectivity index (χ0v) is 15.0. The highest BCUT2D eigenvalue weighted by molar-refractivity contribution is 5.95. The van der Waals surface area contributed by atoms with Crippen LogP contribution in [0.1, 0.15) is 38.3 Å². The van der Waals surface area contributed by atoms with E-state index in [-0.39, 0.29) is 29.8 Å². The highest BCUT2D eigenvalue weighted by Crippen LogP contribution is 2.33. The smallest absolute Gasteiger partial charge is 0.228 e. The van der Waals surface area contributed by atoms with E-state index < -0.39 is 0 Å². The number of halogens is 1. The first-order valence-electron chi connectivity index (χ1n) is 8.20. The Morgan fingerprint density at radius 1 is 1.39 bits per heavy atom. The van der Waals surface area contributed by atoms with E-state index in [9.17, 15) is 4.79 Å². The van der Waals surface area contributed by atoms with E-state index in [0.29, 0.717) is 13.0 Å². The van der Waals surface area contributed by atoms with Crippen LogP contribution in [0.2, 0.25) is 0 Å². The van der Waals surface area contributed by atoms with Gasteiger partial charge in [0, 0.05) is 31.2 Å². The van der Waals surface area contributed by atoms with Gasteiger partial charge in [0.15, 0.2) is 0 Å². The van der Waals surface area contributed by atoms with E-state index in [1.165, 1.54) is 11.1 Å². The number of morpholine rings is 1. The van der Waals surface area contributed by atoms with Gasteiger partial charge in [-0.15, -0.1) is 12.4 Å². The van der Waals surface area contributed by atoms with Crippen LogP contribution in [0.5, 0.6) is 0 Å². The van der Waals surface area contributed by atoms with Crippen molar-refractivity contribution in [3.63, 3.8) is 0 Å². The van der Waals surface area contributed by atoms with Crippen molar-refractivity contribution >= 4 is 24.0 Å². The van der Waals surface area contributed by atoms with Crippen molar-refractivity contribution in [3.8, 4) is 0 Å². The first-order chi connectivity index (χ1) is 10.4. The van der Waals surface area contributed by atoms with Gasteiger partial charge in [-0.1, -0.05) is 32.9 Å². The molecule has 1 amide bonds. The second-order valence-corrected chi connectivity index (χ2v) is 7.32. The lowest BCUT2D eigenvalue weighted by Crippen LogP contribution is -2.45. The van der Waals surface area contributed by atoms with Crippen molar-refractivity contribution in [2.75, 3.05) is 31.2 Å². The molecule has 1 fully saturated rings. The van der Waals surface area contributed by atoms with Crippen molar-refractivity contribution in [1.29, 1.82) is 0 Å². The van der Waals surface area contributed by atoms with Gasteiger partial charge >= 0.3 is 0 Å². The number of fused-ring (bicyclic) bond motifs is 1. The summed E-state index contributed by atoms with van der Waals surface area (Å²) in [6, 6.07) is 6.70. The first kappa shape index (κ1) is 18.2. The molecule has 1 aromatic carbocycles. The molecule has 1 aromatic rings. The van der Waals surface area contributed by atoms with Gasteiger partial charge < -0.3 is 15.0 Å². The van der Waals surface area contributed by atoms with Crippen molar-refractivity contribution < 1.29 is 9.53 Å². The van der Waals surface area contributed by atoms with Crippen LogP contribution >= 0.6 is 12.4 Å². The Morgan fingerprint density at radius 3 is 2.83 bits per heavy atom. The Bertz CT molecular complexity index is 563. The average Bonchev–Trinajstić information content (AvgIpc) is 2.90. The van der Waals surface area contributed by atoms with E-state index >= 15 is 0 Å². The number of anilines is 1. The van der Waals surface area contributed by atoms with Gasteiger partial charge in [0.05, 0.1) is 13.2 Å². The molecule has 2 aliphatic rings. The maximum Gasteiger partial charge on any atom is 0.228 e. The highest BCUT2D eigenvalue weighted by atomic mass is 35.5. The minimum atomic E-state index is 0. The van der Waals surface area contributed by atoms with Gasteiger partial charge in [0.2, 0.25) is 5.91 Å². The average molecular weight is 339 g/mol. The Labute approximate surface area is 145 Å². The third-order valence-electron chi connectivity index (χ3n) is 4.56. The summed E-state index contributed by atoms with van der Waals surface area (Å²) in [7, 11) is 0. The number of hydrogen-bond acceptors (Lipinski definition) is 3. The maximum atomic E-state index is 12.6. The predicted octanol–water partition coefficient (Wildman–Crippen LogP) is 2.67. The molecule has 0 saturated carbocycles. The van der Waals surface area contributed by atoms with Crippen molar-refractivity contribution in [2.24, 2.45) is 0 Å². The molecule has 2 heterocycles. The Kier molecular flexibility index (Phi) is 5.71. The minimum absolute atomic E-state index is 0. The van der Waals surface area contributed by atoms with Crippen LogP contribution in [0.3, 0.4) is 0 Å². The van der Waals surface area contributed by atoms with Gasteiger partial charge in [-0.25, -0.2) is 0 Å². The van der Waals surface area contributed by atoms with Crippen molar-refractivity contribution in [2.45, 2.75) is 45.1 Å². The standard InChI is InChI=1S/C18H26N2O2.ClH/c1-18(2,3)14-4-5-16-13(10-14)6-8-20(16)17(21)11-15-12-22-9-7-19-15;/h4-5,10,15,19H,6-9,11-12H2,1-3H3;1H. The molecule has 0 radical (unpaired) electrons. The number of nitrogens with one attached hydrogen (secondary N) is 1. The summed E-state index contributed by atoms with van der Waals surface area (Å²) in [6.45, 7) is 9.69. The molecule has 1 unspecified atom stereocenters. The fraction of sp³-hybridized carbons (Fsp3) is 0.611. The monoisotopic (exact) mass is 338 g/mol. The third-order valence-corrected chi connectivity index (χ3v) is 4.56. The quantitative estimate of drug-likeness (QED) is 0.901. The Hall–Kier alpha value is -1.10. The first-order valence-corrected chi connectivity index (χ1v) is 8.20. The van der Waals surface area contributed by atoms with Crippen LogP contribution < -0.4 is 10.2 Å². The van der Waals surface area contributed by atoms with Crippen LogP contribution in [0.4, 0.5) is 5.69 Å². The molecule has 0 bridgehead atoms. The van der Waals surface area contributed by atoms with Crippen LogP contribution in [-0.4, -0.2) is 38.3 Å². The van der Waals surface area contributed by atoms with Gasteiger partial charge in [-0.3, -0.25) is 4.79 Å². The lowest BCUT2D eigenvalue weighted by atomic mass is 9.86. The number of ether oxygens (including phenoxy) is 1. The van der Waals surface area contributed by atoms with E-state index in [1.807, 2.05) is 4.90 Å². The molecule has 5 heteroatoms. The van der Waals surface area contributed by atoms with Crippen LogP contribution in [0.15, 0.2) is 18.2 Å². The zero-order chi connectivity index (χ0) is 15.7. The number of rotatable bonds is 2. The Morgan fingerprint density at radius 2 is 2.17 bits per heavy atom. The largest absolute Gasteiger partial charge is 0.378 e. The molecule has 3 rings (SSSR count). The minimum Gasteiger partial charge on any atom is -0.378 e. The fourth-order valence-electron chi connectivity index (χ4n) is 3.20. The van der Waals surface area contributed by atoms with Crippen LogP contribution in [0, 0.1) is 0 Å². The third kappa shape index (κ3) is 4.06. The number of nitrogens with zero attached hydrogens (tertiary/aromatic N) is 1. The van der Waals surface area contributed by atoms with Crippen LogP contribution in [-0.2, 0) is 21.4 Å². The number of hydrogen-bond donors (Lipinski definition) is 1. The normalized spacial score (nSPS) is 20.8.